The minimum Gasteiger partial charge on any atom is -0.313 e. The van der Waals surface area contributed by atoms with Gasteiger partial charge >= 0.3 is 0 Å². The summed E-state index contributed by atoms with van der Waals surface area (Å²) < 4.78 is 0. The van der Waals surface area contributed by atoms with Gasteiger partial charge in [-0.2, -0.15) is 0 Å². The highest BCUT2D eigenvalue weighted by molar-refractivity contribution is 5.22. The van der Waals surface area contributed by atoms with Crippen molar-refractivity contribution in [2.75, 3.05) is 6.54 Å². The smallest absolute Gasteiger partial charge is 0.0205 e. The van der Waals surface area contributed by atoms with E-state index in [4.69, 9.17) is 0 Å². The van der Waals surface area contributed by atoms with Gasteiger partial charge in [-0.25, -0.2) is 0 Å². The van der Waals surface area contributed by atoms with E-state index in [1.54, 1.807) is 0 Å². The number of benzene rings is 1. The van der Waals surface area contributed by atoms with Gasteiger partial charge in [0.05, 0.1) is 0 Å². The van der Waals surface area contributed by atoms with E-state index in [9.17, 15) is 0 Å². The highest BCUT2D eigenvalue weighted by atomic mass is 14.8. The summed E-state index contributed by atoms with van der Waals surface area (Å²) in [5.41, 5.74) is 2.78. The van der Waals surface area contributed by atoms with Gasteiger partial charge < -0.3 is 5.32 Å². The highest BCUT2D eigenvalue weighted by Gasteiger charge is 1.91. The first kappa shape index (κ1) is 17.6. The van der Waals surface area contributed by atoms with Gasteiger partial charge in [-0.05, 0) is 24.1 Å². The van der Waals surface area contributed by atoms with Crippen LogP contribution < -0.4 is 5.32 Å². The largest absolute Gasteiger partial charge is 0.313 e. The summed E-state index contributed by atoms with van der Waals surface area (Å²) in [6, 6.07) is 8.79. The second-order valence-corrected chi connectivity index (χ2v) is 2.95. The number of nitrogens with one attached hydrogen (secondary N) is 1. The van der Waals surface area contributed by atoms with E-state index >= 15 is 0 Å². The van der Waals surface area contributed by atoms with Gasteiger partial charge in [-0.1, -0.05) is 65.8 Å². The molecule has 0 aliphatic heterocycles. The Morgan fingerprint density at radius 2 is 1.25 bits per heavy atom. The lowest BCUT2D eigenvalue weighted by molar-refractivity contribution is 0.726. The van der Waals surface area contributed by atoms with Crippen molar-refractivity contribution in [2.24, 2.45) is 0 Å². The van der Waals surface area contributed by atoms with Gasteiger partial charge in [0.1, 0.15) is 0 Å². The number of hydrogen-bond acceptors (Lipinski definition) is 1. The monoisotopic (exact) mass is 223 g/mol. The Kier molecular flexibility index (Phi) is 15.6. The molecule has 1 rings (SSSR count). The van der Waals surface area contributed by atoms with Crippen LogP contribution in [0.3, 0.4) is 0 Å². The fraction of sp³-hybridized carbons (Fsp3) is 0.600. The second kappa shape index (κ2) is 14.2. The van der Waals surface area contributed by atoms with Crippen LogP contribution in [-0.4, -0.2) is 6.54 Å². The standard InChI is InChI=1S/C11H17N.2C2H6/c1-3-10-5-7-11(8-6-10)9-12-4-2;2*1-2/h5-8,12H,3-4,9H2,1-2H3;2*1-2H3. The number of hydrogen-bond donors (Lipinski definition) is 1. The molecule has 1 N–H and O–H groups in total. The van der Waals surface area contributed by atoms with Crippen LogP contribution >= 0.6 is 0 Å². The van der Waals surface area contributed by atoms with Crippen molar-refractivity contribution in [3.63, 3.8) is 0 Å². The van der Waals surface area contributed by atoms with Gasteiger partial charge in [0.25, 0.3) is 0 Å². The summed E-state index contributed by atoms with van der Waals surface area (Å²) in [6.07, 6.45) is 1.13. The molecule has 16 heavy (non-hydrogen) atoms. The molecule has 0 saturated carbocycles. The Bertz CT molecular complexity index is 213. The van der Waals surface area contributed by atoms with Crippen molar-refractivity contribution in [3.8, 4) is 0 Å². The Labute approximate surface area is 102 Å². The van der Waals surface area contributed by atoms with Crippen LogP contribution in [-0.2, 0) is 13.0 Å². The molecule has 94 valence electrons. The number of rotatable bonds is 4. The molecule has 0 bridgehead atoms. The third-order valence-electron chi connectivity index (χ3n) is 2.01. The molecule has 0 amide bonds. The van der Waals surface area contributed by atoms with Crippen molar-refractivity contribution in [1.82, 2.24) is 5.32 Å². The molecule has 0 heterocycles. The van der Waals surface area contributed by atoms with Gasteiger partial charge in [0, 0.05) is 6.54 Å². The van der Waals surface area contributed by atoms with Crippen molar-refractivity contribution >= 4 is 0 Å². The molecule has 1 heteroatoms. The predicted octanol–water partition coefficient (Wildman–Crippen LogP) is 4.41. The Morgan fingerprint density at radius 3 is 1.62 bits per heavy atom. The zero-order valence-corrected chi connectivity index (χ0v) is 11.9. The zero-order chi connectivity index (χ0) is 12.8. The molecule has 0 aliphatic carbocycles. The van der Waals surface area contributed by atoms with E-state index in [1.807, 2.05) is 27.7 Å². The van der Waals surface area contributed by atoms with E-state index in [-0.39, 0.29) is 0 Å². The molecule has 1 aromatic carbocycles. The van der Waals surface area contributed by atoms with Crippen molar-refractivity contribution in [3.05, 3.63) is 35.4 Å². The van der Waals surface area contributed by atoms with Crippen LogP contribution in [0.1, 0.15) is 52.7 Å². The van der Waals surface area contributed by atoms with Crippen LogP contribution in [0.5, 0.6) is 0 Å². The van der Waals surface area contributed by atoms with Crippen LogP contribution in [0.4, 0.5) is 0 Å². The molecular weight excluding hydrogens is 194 g/mol. The molecule has 0 spiro atoms. The first-order valence-corrected chi connectivity index (χ1v) is 6.65. The summed E-state index contributed by atoms with van der Waals surface area (Å²) in [7, 11) is 0. The quantitative estimate of drug-likeness (QED) is 0.797. The first-order chi connectivity index (χ1) is 7.86. The SMILES string of the molecule is CC.CC.CCNCc1ccc(CC)cc1. The Morgan fingerprint density at radius 1 is 0.812 bits per heavy atom. The molecular formula is C15H29N. The zero-order valence-electron chi connectivity index (χ0n) is 11.9. The summed E-state index contributed by atoms with van der Waals surface area (Å²) in [5, 5.41) is 3.30. The lowest BCUT2D eigenvalue weighted by Crippen LogP contribution is -2.11. The first-order valence-electron chi connectivity index (χ1n) is 6.65. The maximum atomic E-state index is 3.30. The van der Waals surface area contributed by atoms with E-state index < -0.39 is 0 Å². The Hall–Kier alpha value is -0.820. The van der Waals surface area contributed by atoms with E-state index in [2.05, 4.69) is 43.4 Å². The summed E-state index contributed by atoms with van der Waals surface area (Å²) in [6.45, 7) is 14.3. The van der Waals surface area contributed by atoms with Gasteiger partial charge in [-0.3, -0.25) is 0 Å². The molecule has 0 fully saturated rings. The Balaban J connectivity index is 0. The fourth-order valence-electron chi connectivity index (χ4n) is 1.16. The van der Waals surface area contributed by atoms with Crippen LogP contribution in [0.15, 0.2) is 24.3 Å². The van der Waals surface area contributed by atoms with Crippen LogP contribution in [0.2, 0.25) is 0 Å². The van der Waals surface area contributed by atoms with Crippen molar-refractivity contribution in [2.45, 2.75) is 54.5 Å². The van der Waals surface area contributed by atoms with Crippen molar-refractivity contribution in [1.29, 1.82) is 0 Å². The third-order valence-corrected chi connectivity index (χ3v) is 2.01. The molecule has 0 saturated heterocycles. The molecule has 1 aromatic rings. The maximum Gasteiger partial charge on any atom is 0.0205 e. The molecule has 0 atom stereocenters. The lowest BCUT2D eigenvalue weighted by Gasteiger charge is -2.02. The molecule has 0 aliphatic rings. The average Bonchev–Trinajstić information content (AvgIpc) is 2.41. The minimum absolute atomic E-state index is 0.987. The fourth-order valence-corrected chi connectivity index (χ4v) is 1.16. The minimum atomic E-state index is 0.987. The average molecular weight is 223 g/mol. The molecule has 0 unspecified atom stereocenters. The van der Waals surface area contributed by atoms with E-state index in [1.165, 1.54) is 11.1 Å². The highest BCUT2D eigenvalue weighted by Crippen LogP contribution is 2.04. The third kappa shape index (κ3) is 8.49. The maximum absolute atomic E-state index is 3.30. The van der Waals surface area contributed by atoms with Gasteiger partial charge in [0.15, 0.2) is 0 Å². The second-order valence-electron chi connectivity index (χ2n) is 2.95. The van der Waals surface area contributed by atoms with E-state index in [0.29, 0.717) is 0 Å². The predicted molar refractivity (Wildman–Crippen MR) is 75.9 cm³/mol. The van der Waals surface area contributed by atoms with Crippen LogP contribution in [0, 0.1) is 0 Å². The summed E-state index contributed by atoms with van der Waals surface area (Å²) in [4.78, 5) is 0. The van der Waals surface area contributed by atoms with Crippen LogP contribution in [0.25, 0.3) is 0 Å². The molecule has 0 radical (unpaired) electrons. The number of aryl methyl sites for hydroxylation is 1. The summed E-state index contributed by atoms with van der Waals surface area (Å²) >= 11 is 0. The van der Waals surface area contributed by atoms with E-state index in [0.717, 1.165) is 19.5 Å². The topological polar surface area (TPSA) is 12.0 Å². The van der Waals surface area contributed by atoms with Crippen molar-refractivity contribution < 1.29 is 0 Å². The molecule has 1 nitrogen and oxygen atoms in total. The normalized spacial score (nSPS) is 8.38. The lowest BCUT2D eigenvalue weighted by atomic mass is 10.1. The van der Waals surface area contributed by atoms with Gasteiger partial charge in [0.2, 0.25) is 0 Å². The summed E-state index contributed by atoms with van der Waals surface area (Å²) in [5.74, 6) is 0. The van der Waals surface area contributed by atoms with Gasteiger partial charge in [-0.15, -0.1) is 0 Å². The molecule has 0 aromatic heterocycles.